The van der Waals surface area contributed by atoms with Crippen molar-refractivity contribution < 1.29 is 4.79 Å². The van der Waals surface area contributed by atoms with Gasteiger partial charge in [0, 0.05) is 62.1 Å². The van der Waals surface area contributed by atoms with Gasteiger partial charge in [-0.3, -0.25) is 14.6 Å². The molecule has 3 heterocycles. The van der Waals surface area contributed by atoms with Crippen molar-refractivity contribution in [1.82, 2.24) is 29.7 Å². The summed E-state index contributed by atoms with van der Waals surface area (Å²) in [5, 5.41) is 4.57. The molecule has 3 N–H and O–H groups in total. The van der Waals surface area contributed by atoms with Crippen LogP contribution in [0.15, 0.2) is 36.7 Å². The highest BCUT2D eigenvalue weighted by molar-refractivity contribution is 6.37. The molecule has 8 nitrogen and oxygen atoms in total. The van der Waals surface area contributed by atoms with E-state index in [0.717, 1.165) is 49.9 Å². The summed E-state index contributed by atoms with van der Waals surface area (Å²) in [6.45, 7) is 9.44. The largest absolute Gasteiger partial charge is 0.368 e. The van der Waals surface area contributed by atoms with E-state index in [1.807, 2.05) is 29.0 Å². The van der Waals surface area contributed by atoms with Crippen LogP contribution in [-0.2, 0) is 0 Å². The predicted molar refractivity (Wildman–Crippen MR) is 145 cm³/mol. The first-order chi connectivity index (χ1) is 17.4. The van der Waals surface area contributed by atoms with Crippen molar-refractivity contribution in [3.8, 4) is 5.82 Å². The molecule has 0 atom stereocenters. The Morgan fingerprint density at radius 2 is 1.89 bits per heavy atom. The van der Waals surface area contributed by atoms with Crippen LogP contribution in [0.2, 0.25) is 5.02 Å². The minimum atomic E-state index is -0.111. The van der Waals surface area contributed by atoms with Crippen LogP contribution in [0, 0.1) is 0 Å². The molecule has 1 aromatic carbocycles. The van der Waals surface area contributed by atoms with E-state index in [2.05, 4.69) is 38.9 Å². The number of amides is 1. The van der Waals surface area contributed by atoms with Gasteiger partial charge in [0.2, 0.25) is 5.95 Å². The van der Waals surface area contributed by atoms with Gasteiger partial charge >= 0.3 is 0 Å². The van der Waals surface area contributed by atoms with Crippen LogP contribution in [0.25, 0.3) is 16.7 Å². The van der Waals surface area contributed by atoms with Crippen molar-refractivity contribution in [3.63, 3.8) is 0 Å². The maximum atomic E-state index is 13.7. The molecule has 5 rings (SSSR count). The Hall–Kier alpha value is -2.68. The molecule has 1 saturated carbocycles. The van der Waals surface area contributed by atoms with E-state index < -0.39 is 0 Å². The zero-order valence-corrected chi connectivity index (χ0v) is 22.0. The first-order valence-corrected chi connectivity index (χ1v) is 13.4. The van der Waals surface area contributed by atoms with Gasteiger partial charge in [-0.05, 0) is 44.9 Å². The van der Waals surface area contributed by atoms with Crippen LogP contribution in [0.1, 0.15) is 56.3 Å². The standard InChI is InChI=1S/C27H36ClN7O/c1-19(2)33-13-15-34(16-14-33)27(10-4-3-5-11-27)18-31-25(36)20-17-35(23-9-12-30-26(29)32-23)22-8-6-7-21(28)24(20)22/h6-9,12,17,19H,3-5,10-11,13-16,18H2,1-2H3,(H,31,36)(H2,29,30,32). The minimum absolute atomic E-state index is 0.0141. The summed E-state index contributed by atoms with van der Waals surface area (Å²) in [5.74, 6) is 0.666. The van der Waals surface area contributed by atoms with Crippen molar-refractivity contribution in [2.24, 2.45) is 0 Å². The molecule has 0 spiro atoms. The summed E-state index contributed by atoms with van der Waals surface area (Å²) in [4.78, 5) is 27.2. The van der Waals surface area contributed by atoms with Gasteiger partial charge in [0.25, 0.3) is 5.91 Å². The molecule has 1 saturated heterocycles. The lowest BCUT2D eigenvalue weighted by Gasteiger charge is -2.50. The summed E-state index contributed by atoms with van der Waals surface area (Å²) in [5.41, 5.74) is 7.20. The molecule has 1 amide bonds. The van der Waals surface area contributed by atoms with Crippen molar-refractivity contribution >= 4 is 34.4 Å². The van der Waals surface area contributed by atoms with Crippen LogP contribution >= 0.6 is 11.6 Å². The number of nitrogens with one attached hydrogen (secondary N) is 1. The summed E-state index contributed by atoms with van der Waals surface area (Å²) in [6, 6.07) is 7.97. The van der Waals surface area contributed by atoms with Gasteiger partial charge in [0.15, 0.2) is 0 Å². The van der Waals surface area contributed by atoms with Crippen molar-refractivity contribution in [3.05, 3.63) is 47.2 Å². The lowest BCUT2D eigenvalue weighted by atomic mass is 9.79. The number of anilines is 1. The van der Waals surface area contributed by atoms with Crippen LogP contribution < -0.4 is 11.1 Å². The van der Waals surface area contributed by atoms with Gasteiger partial charge < -0.3 is 15.6 Å². The SMILES string of the molecule is CC(C)N1CCN(C2(CNC(=O)c3cn(-c4ccnc(N)n4)c4cccc(Cl)c34)CCCCC2)CC1. The fourth-order valence-corrected chi connectivity index (χ4v) is 6.24. The zero-order valence-electron chi connectivity index (χ0n) is 21.2. The summed E-state index contributed by atoms with van der Waals surface area (Å²) >= 11 is 6.61. The number of nitrogens with two attached hydrogens (primary N) is 1. The van der Waals surface area contributed by atoms with Gasteiger partial charge in [0.1, 0.15) is 5.82 Å². The van der Waals surface area contributed by atoms with Crippen molar-refractivity contribution in [1.29, 1.82) is 0 Å². The van der Waals surface area contributed by atoms with E-state index in [0.29, 0.717) is 29.0 Å². The average Bonchev–Trinajstić information content (AvgIpc) is 3.29. The summed E-state index contributed by atoms with van der Waals surface area (Å²) in [6.07, 6.45) is 9.35. The maximum absolute atomic E-state index is 13.7. The number of nitrogens with zero attached hydrogens (tertiary/aromatic N) is 5. The van der Waals surface area contributed by atoms with Crippen LogP contribution in [0.3, 0.4) is 0 Å². The molecule has 0 bridgehead atoms. The Morgan fingerprint density at radius 1 is 1.14 bits per heavy atom. The maximum Gasteiger partial charge on any atom is 0.253 e. The number of piperazine rings is 1. The molecule has 0 unspecified atom stereocenters. The number of hydrogen-bond donors (Lipinski definition) is 2. The Balaban J connectivity index is 1.41. The number of carbonyl (C=O) groups is 1. The predicted octanol–water partition coefficient (Wildman–Crippen LogP) is 4.11. The van der Waals surface area contributed by atoms with E-state index in [-0.39, 0.29) is 17.4 Å². The lowest BCUT2D eigenvalue weighted by Crippen LogP contribution is -2.62. The normalized spacial score (nSPS) is 19.1. The topological polar surface area (TPSA) is 92.3 Å². The summed E-state index contributed by atoms with van der Waals surface area (Å²) in [7, 11) is 0. The molecule has 1 aliphatic carbocycles. The van der Waals surface area contributed by atoms with Crippen molar-refractivity contribution in [2.75, 3.05) is 38.5 Å². The number of hydrogen-bond acceptors (Lipinski definition) is 6. The van der Waals surface area contributed by atoms with Crippen molar-refractivity contribution in [2.45, 2.75) is 57.5 Å². The fourth-order valence-electron chi connectivity index (χ4n) is 5.97. The smallest absolute Gasteiger partial charge is 0.253 e. The van der Waals surface area contributed by atoms with Gasteiger partial charge in [-0.15, -0.1) is 0 Å². The number of carbonyl (C=O) groups excluding carboxylic acids is 1. The van der Waals surface area contributed by atoms with Gasteiger partial charge in [-0.1, -0.05) is 36.9 Å². The molecule has 9 heteroatoms. The second-order valence-corrected chi connectivity index (χ2v) is 10.8. The Bertz CT molecular complexity index is 1230. The van der Waals surface area contributed by atoms with Gasteiger partial charge in [-0.25, -0.2) is 4.98 Å². The third-order valence-electron chi connectivity index (χ3n) is 8.01. The zero-order chi connectivity index (χ0) is 25.3. The van der Waals surface area contributed by atoms with E-state index in [1.165, 1.54) is 19.3 Å². The number of nitrogen functional groups attached to an aromatic ring is 1. The summed E-state index contributed by atoms with van der Waals surface area (Å²) < 4.78 is 1.86. The number of benzene rings is 1. The number of rotatable bonds is 6. The Labute approximate surface area is 217 Å². The van der Waals surface area contributed by atoms with Crippen LogP contribution in [0.4, 0.5) is 5.95 Å². The molecule has 0 radical (unpaired) electrons. The second-order valence-electron chi connectivity index (χ2n) is 10.4. The average molecular weight is 510 g/mol. The Kier molecular flexibility index (Phi) is 7.19. The second kappa shape index (κ2) is 10.4. The molecule has 192 valence electrons. The van der Waals surface area contributed by atoms with E-state index in [9.17, 15) is 4.79 Å². The third kappa shape index (κ3) is 4.82. The fraction of sp³-hybridized carbons (Fsp3) is 0.519. The van der Waals surface area contributed by atoms with Crippen LogP contribution in [-0.4, -0.2) is 74.5 Å². The molecule has 2 fully saturated rings. The highest BCUT2D eigenvalue weighted by Gasteiger charge is 2.40. The van der Waals surface area contributed by atoms with Crippen LogP contribution in [0.5, 0.6) is 0 Å². The van der Waals surface area contributed by atoms with E-state index >= 15 is 0 Å². The molecular formula is C27H36ClN7O. The molecule has 2 aromatic heterocycles. The third-order valence-corrected chi connectivity index (χ3v) is 8.32. The first-order valence-electron chi connectivity index (χ1n) is 13.0. The highest BCUT2D eigenvalue weighted by Crippen LogP contribution is 2.35. The number of halogens is 1. The van der Waals surface area contributed by atoms with Gasteiger partial charge in [0.05, 0.1) is 16.1 Å². The monoisotopic (exact) mass is 509 g/mol. The molecular weight excluding hydrogens is 474 g/mol. The Morgan fingerprint density at radius 3 is 2.58 bits per heavy atom. The molecule has 3 aromatic rings. The van der Waals surface area contributed by atoms with E-state index in [4.69, 9.17) is 17.3 Å². The minimum Gasteiger partial charge on any atom is -0.368 e. The quantitative estimate of drug-likeness (QED) is 0.519. The molecule has 36 heavy (non-hydrogen) atoms. The lowest BCUT2D eigenvalue weighted by molar-refractivity contribution is 0.000839. The number of fused-ring (bicyclic) bond motifs is 1. The molecule has 2 aliphatic rings. The highest BCUT2D eigenvalue weighted by atomic mass is 35.5. The van der Waals surface area contributed by atoms with Gasteiger partial charge in [-0.2, -0.15) is 4.98 Å². The van der Waals surface area contributed by atoms with E-state index in [1.54, 1.807) is 12.3 Å². The first kappa shape index (κ1) is 25.0. The molecule has 1 aliphatic heterocycles. The number of aromatic nitrogens is 3.